The molecule has 0 unspecified atom stereocenters. The number of hydrogen-bond acceptors (Lipinski definition) is 2. The van der Waals surface area contributed by atoms with Gasteiger partial charge in [0.15, 0.2) is 0 Å². The van der Waals surface area contributed by atoms with Crippen molar-refractivity contribution in [3.63, 3.8) is 0 Å². The molecule has 0 spiro atoms. The van der Waals surface area contributed by atoms with Crippen molar-refractivity contribution in [2.45, 2.75) is 18.4 Å². The molecule has 0 saturated heterocycles. The SMILES string of the molecule is NC1(c2ccc(F)nc2)CC1. The molecule has 0 radical (unpaired) electrons. The van der Waals surface area contributed by atoms with Gasteiger partial charge in [0.2, 0.25) is 5.95 Å². The Morgan fingerprint density at radius 2 is 2.18 bits per heavy atom. The van der Waals surface area contributed by atoms with Gasteiger partial charge in [0.1, 0.15) is 0 Å². The molecule has 2 N–H and O–H groups in total. The third-order valence-electron chi connectivity index (χ3n) is 2.09. The summed E-state index contributed by atoms with van der Waals surface area (Å²) in [5.74, 6) is -0.446. The fourth-order valence-electron chi connectivity index (χ4n) is 1.09. The second-order valence-electron chi connectivity index (χ2n) is 3.03. The van der Waals surface area contributed by atoms with Crippen LogP contribution in [0.2, 0.25) is 0 Å². The van der Waals surface area contributed by atoms with Crippen LogP contribution in [0.1, 0.15) is 18.4 Å². The Labute approximate surface area is 64.2 Å². The Bertz CT molecular complexity index is 264. The highest BCUT2D eigenvalue weighted by molar-refractivity contribution is 5.26. The Kier molecular flexibility index (Phi) is 1.23. The van der Waals surface area contributed by atoms with E-state index in [-0.39, 0.29) is 5.54 Å². The number of aromatic nitrogens is 1. The zero-order chi connectivity index (χ0) is 7.90. The highest BCUT2D eigenvalue weighted by Crippen LogP contribution is 2.42. The van der Waals surface area contributed by atoms with Gasteiger partial charge in [0, 0.05) is 11.7 Å². The van der Waals surface area contributed by atoms with Crippen molar-refractivity contribution in [3.8, 4) is 0 Å². The van der Waals surface area contributed by atoms with E-state index >= 15 is 0 Å². The van der Waals surface area contributed by atoms with Crippen molar-refractivity contribution in [1.29, 1.82) is 0 Å². The first-order chi connectivity index (χ1) is 5.21. The lowest BCUT2D eigenvalue weighted by molar-refractivity contribution is 0.579. The summed E-state index contributed by atoms with van der Waals surface area (Å²) < 4.78 is 12.3. The van der Waals surface area contributed by atoms with Gasteiger partial charge in [-0.05, 0) is 24.5 Å². The van der Waals surface area contributed by atoms with Gasteiger partial charge in [-0.25, -0.2) is 4.98 Å². The first kappa shape index (κ1) is 6.73. The maximum atomic E-state index is 12.3. The van der Waals surface area contributed by atoms with Crippen LogP contribution in [0, 0.1) is 5.95 Å². The van der Waals surface area contributed by atoms with Gasteiger partial charge in [-0.2, -0.15) is 4.39 Å². The maximum Gasteiger partial charge on any atom is 0.212 e. The number of hydrogen-bond donors (Lipinski definition) is 1. The molecule has 0 atom stereocenters. The third-order valence-corrected chi connectivity index (χ3v) is 2.09. The summed E-state index contributed by atoms with van der Waals surface area (Å²) in [6, 6.07) is 3.05. The quantitative estimate of drug-likeness (QED) is 0.613. The van der Waals surface area contributed by atoms with E-state index in [0.29, 0.717) is 0 Å². The van der Waals surface area contributed by atoms with E-state index in [2.05, 4.69) is 4.98 Å². The maximum absolute atomic E-state index is 12.3. The first-order valence-electron chi connectivity index (χ1n) is 3.62. The van der Waals surface area contributed by atoms with Crippen molar-refractivity contribution in [1.82, 2.24) is 4.98 Å². The second-order valence-corrected chi connectivity index (χ2v) is 3.03. The summed E-state index contributed by atoms with van der Waals surface area (Å²) in [5.41, 5.74) is 6.61. The van der Waals surface area contributed by atoms with E-state index in [1.165, 1.54) is 12.3 Å². The molecular weight excluding hydrogens is 143 g/mol. The molecule has 0 amide bonds. The van der Waals surface area contributed by atoms with Crippen LogP contribution >= 0.6 is 0 Å². The molecule has 2 nitrogen and oxygen atoms in total. The molecule has 11 heavy (non-hydrogen) atoms. The molecule has 1 heterocycles. The fourth-order valence-corrected chi connectivity index (χ4v) is 1.09. The average molecular weight is 152 g/mol. The molecule has 1 fully saturated rings. The summed E-state index contributed by atoms with van der Waals surface area (Å²) in [6.45, 7) is 0. The number of nitrogens with zero attached hydrogens (tertiary/aromatic N) is 1. The molecular formula is C8H9FN2. The summed E-state index contributed by atoms with van der Waals surface area (Å²) in [5, 5.41) is 0. The minimum atomic E-state index is -0.446. The standard InChI is InChI=1S/C8H9FN2/c9-7-2-1-6(5-11-7)8(10)3-4-8/h1-2,5H,3-4,10H2. The summed E-state index contributed by atoms with van der Waals surface area (Å²) in [7, 11) is 0. The first-order valence-corrected chi connectivity index (χ1v) is 3.62. The van der Waals surface area contributed by atoms with Crippen LogP contribution in [0.4, 0.5) is 4.39 Å². The van der Waals surface area contributed by atoms with E-state index in [9.17, 15) is 4.39 Å². The Hall–Kier alpha value is -0.960. The summed E-state index contributed by atoms with van der Waals surface area (Å²) >= 11 is 0. The topological polar surface area (TPSA) is 38.9 Å². The minimum absolute atomic E-state index is 0.194. The molecule has 0 bridgehead atoms. The lowest BCUT2D eigenvalue weighted by atomic mass is 10.1. The van der Waals surface area contributed by atoms with E-state index in [0.717, 1.165) is 18.4 Å². The Morgan fingerprint density at radius 1 is 1.45 bits per heavy atom. The molecule has 2 rings (SSSR count). The molecule has 58 valence electrons. The van der Waals surface area contributed by atoms with Crippen LogP contribution < -0.4 is 5.73 Å². The van der Waals surface area contributed by atoms with Crippen molar-refractivity contribution in [2.75, 3.05) is 0 Å². The third kappa shape index (κ3) is 1.12. The van der Waals surface area contributed by atoms with Crippen LogP contribution in [0.15, 0.2) is 18.3 Å². The molecule has 1 aliphatic carbocycles. The number of halogens is 1. The van der Waals surface area contributed by atoms with Gasteiger partial charge in [-0.3, -0.25) is 0 Å². The van der Waals surface area contributed by atoms with Crippen LogP contribution in [0.3, 0.4) is 0 Å². The number of rotatable bonds is 1. The van der Waals surface area contributed by atoms with Gasteiger partial charge in [0.25, 0.3) is 0 Å². The van der Waals surface area contributed by atoms with Crippen LogP contribution in [0.5, 0.6) is 0 Å². The lowest BCUT2D eigenvalue weighted by Gasteiger charge is -2.06. The molecule has 1 aromatic heterocycles. The van der Waals surface area contributed by atoms with Crippen LogP contribution in [-0.2, 0) is 5.54 Å². The normalized spacial score (nSPS) is 19.8. The minimum Gasteiger partial charge on any atom is -0.321 e. The monoisotopic (exact) mass is 152 g/mol. The van der Waals surface area contributed by atoms with Gasteiger partial charge >= 0.3 is 0 Å². The van der Waals surface area contributed by atoms with Crippen LogP contribution in [-0.4, -0.2) is 4.98 Å². The van der Waals surface area contributed by atoms with Gasteiger partial charge in [0.05, 0.1) is 0 Å². The molecule has 1 saturated carbocycles. The van der Waals surface area contributed by atoms with E-state index < -0.39 is 5.95 Å². The molecule has 1 aromatic rings. The zero-order valence-electron chi connectivity index (χ0n) is 6.05. The molecule has 0 aromatic carbocycles. The highest BCUT2D eigenvalue weighted by Gasteiger charge is 2.40. The predicted octanol–water partition coefficient (Wildman–Crippen LogP) is 1.17. The van der Waals surface area contributed by atoms with E-state index in [4.69, 9.17) is 5.73 Å². The van der Waals surface area contributed by atoms with Gasteiger partial charge in [-0.1, -0.05) is 6.07 Å². The number of pyridine rings is 1. The van der Waals surface area contributed by atoms with Crippen molar-refractivity contribution < 1.29 is 4.39 Å². The lowest BCUT2D eigenvalue weighted by Crippen LogP contribution is -2.18. The number of nitrogens with two attached hydrogens (primary N) is 1. The second kappa shape index (κ2) is 2.01. The average Bonchev–Trinajstić information content (AvgIpc) is 2.70. The van der Waals surface area contributed by atoms with Crippen LogP contribution in [0.25, 0.3) is 0 Å². The van der Waals surface area contributed by atoms with Crippen molar-refractivity contribution >= 4 is 0 Å². The van der Waals surface area contributed by atoms with E-state index in [1.54, 1.807) is 6.07 Å². The van der Waals surface area contributed by atoms with Crippen molar-refractivity contribution in [3.05, 3.63) is 29.8 Å². The highest BCUT2D eigenvalue weighted by atomic mass is 19.1. The fraction of sp³-hybridized carbons (Fsp3) is 0.375. The van der Waals surface area contributed by atoms with Crippen molar-refractivity contribution in [2.24, 2.45) is 5.73 Å². The van der Waals surface area contributed by atoms with E-state index in [1.807, 2.05) is 0 Å². The zero-order valence-corrected chi connectivity index (χ0v) is 6.05. The summed E-state index contributed by atoms with van der Waals surface area (Å²) in [4.78, 5) is 3.54. The largest absolute Gasteiger partial charge is 0.321 e. The Balaban J connectivity index is 2.33. The predicted molar refractivity (Wildman–Crippen MR) is 39.3 cm³/mol. The Morgan fingerprint density at radius 3 is 2.64 bits per heavy atom. The smallest absolute Gasteiger partial charge is 0.212 e. The summed E-state index contributed by atoms with van der Waals surface area (Å²) in [6.07, 6.45) is 3.49. The molecule has 1 aliphatic rings. The van der Waals surface area contributed by atoms with Gasteiger partial charge < -0.3 is 5.73 Å². The molecule has 0 aliphatic heterocycles. The molecule has 3 heteroatoms. The van der Waals surface area contributed by atoms with Gasteiger partial charge in [-0.15, -0.1) is 0 Å².